The number of ether oxygens (including phenoxy) is 1. The first-order valence-corrected chi connectivity index (χ1v) is 23.0. The van der Waals surface area contributed by atoms with Gasteiger partial charge in [-0.3, -0.25) is 39.0 Å². The number of likely N-dealkylation sites (tertiary alicyclic amines) is 1. The molecule has 0 saturated carbocycles. The predicted octanol–water partition coefficient (Wildman–Crippen LogP) is 7.12. The number of carbonyl (C=O) groups excluding carboxylic acids is 6. The van der Waals surface area contributed by atoms with E-state index in [0.29, 0.717) is 70.9 Å². The number of nitrogens with zero attached hydrogens (tertiary/aromatic N) is 8. The van der Waals surface area contributed by atoms with Crippen LogP contribution >= 0.6 is 23.2 Å². The van der Waals surface area contributed by atoms with Gasteiger partial charge in [-0.15, -0.1) is 0 Å². The molecule has 2 unspecified atom stereocenters. The number of fused-ring (bicyclic) bond motifs is 1. The highest BCUT2D eigenvalue weighted by Gasteiger charge is 2.45. The second-order valence-electron chi connectivity index (χ2n) is 17.6. The maximum Gasteiger partial charge on any atom is 0.279 e. The molecule has 0 bridgehead atoms. The minimum absolute atomic E-state index is 0.166. The molecular formula is C49H55Cl2N9O7. The number of aromatic nitrogens is 3. The number of rotatable bonds is 16. The Morgan fingerprint density at radius 2 is 1.70 bits per heavy atom. The summed E-state index contributed by atoms with van der Waals surface area (Å²) in [4.78, 5) is 94.4. The highest BCUT2D eigenvalue weighted by atomic mass is 35.5. The number of pyridine rings is 1. The number of hydrogen-bond acceptors (Lipinski definition) is 10. The van der Waals surface area contributed by atoms with Crippen molar-refractivity contribution in [3.05, 3.63) is 111 Å². The summed E-state index contributed by atoms with van der Waals surface area (Å²) in [6.07, 6.45) is 9.60. The fraction of sp³-hybridized carbons (Fsp3) is 0.388. The van der Waals surface area contributed by atoms with Crippen LogP contribution in [0.15, 0.2) is 77.7 Å². The molecule has 7 rings (SSSR count). The normalized spacial score (nSPS) is 18.0. The summed E-state index contributed by atoms with van der Waals surface area (Å²) >= 11 is 12.8. The average Bonchev–Trinajstić information content (AvgIpc) is 3.84. The van der Waals surface area contributed by atoms with Crippen LogP contribution in [0.4, 0.5) is 11.4 Å². The lowest BCUT2D eigenvalue weighted by atomic mass is 9.90. The number of halogens is 2. The number of piperidine rings is 2. The van der Waals surface area contributed by atoms with Gasteiger partial charge >= 0.3 is 0 Å². The highest BCUT2D eigenvalue weighted by Crippen LogP contribution is 2.46. The molecule has 4 aromatic rings. The molecule has 18 heteroatoms. The summed E-state index contributed by atoms with van der Waals surface area (Å²) in [5.74, 6) is -0.294. The molecule has 1 N–H and O–H groups in total. The van der Waals surface area contributed by atoms with Crippen molar-refractivity contribution in [3.63, 3.8) is 0 Å². The number of amides is 6. The lowest BCUT2D eigenvalue weighted by Crippen LogP contribution is -2.52. The number of imidazole rings is 1. The van der Waals surface area contributed by atoms with Gasteiger partial charge in [-0.05, 0) is 106 Å². The van der Waals surface area contributed by atoms with Crippen molar-refractivity contribution in [1.82, 2.24) is 34.6 Å². The monoisotopic (exact) mass is 951 g/mol. The van der Waals surface area contributed by atoms with Crippen molar-refractivity contribution in [2.75, 3.05) is 51.1 Å². The van der Waals surface area contributed by atoms with Crippen LogP contribution in [-0.4, -0.2) is 113 Å². The van der Waals surface area contributed by atoms with E-state index in [9.17, 15) is 28.8 Å². The van der Waals surface area contributed by atoms with Gasteiger partial charge < -0.3 is 28.9 Å². The van der Waals surface area contributed by atoms with Gasteiger partial charge in [0.2, 0.25) is 30.5 Å². The Morgan fingerprint density at radius 3 is 2.33 bits per heavy atom. The molecule has 0 spiro atoms. The Hall–Kier alpha value is -6.52. The van der Waals surface area contributed by atoms with E-state index in [0.717, 1.165) is 42.5 Å². The van der Waals surface area contributed by atoms with Crippen LogP contribution in [0.3, 0.4) is 0 Å². The molecule has 2 aromatic carbocycles. The number of imide groups is 1. The van der Waals surface area contributed by atoms with Gasteiger partial charge in [0.1, 0.15) is 17.9 Å². The average molecular weight is 953 g/mol. The number of hydrogen-bond donors (Lipinski definition) is 1. The molecule has 67 heavy (non-hydrogen) atoms. The maximum atomic E-state index is 14.5. The van der Waals surface area contributed by atoms with Crippen molar-refractivity contribution in [3.8, 4) is 17.3 Å². The summed E-state index contributed by atoms with van der Waals surface area (Å²) in [7, 11) is 6.83. The zero-order valence-corrected chi connectivity index (χ0v) is 40.2. The molecule has 6 amide bonds. The van der Waals surface area contributed by atoms with Gasteiger partial charge in [-0.1, -0.05) is 41.4 Å². The van der Waals surface area contributed by atoms with Crippen LogP contribution in [-0.2, 0) is 25.6 Å². The van der Waals surface area contributed by atoms with Gasteiger partial charge in [0.05, 0.1) is 40.3 Å². The zero-order valence-electron chi connectivity index (χ0n) is 38.7. The Morgan fingerprint density at radius 1 is 0.985 bits per heavy atom. The topological polar surface area (TPSA) is 171 Å². The molecule has 2 atom stereocenters. The Kier molecular flexibility index (Phi) is 14.9. The number of nitrogens with one attached hydrogen (secondary N) is 1. The molecule has 352 valence electrons. The van der Waals surface area contributed by atoms with Gasteiger partial charge in [-0.25, -0.2) is 9.97 Å². The third-order valence-electron chi connectivity index (χ3n) is 12.5. The molecule has 5 heterocycles. The lowest BCUT2D eigenvalue weighted by molar-refractivity contribution is -0.134. The third kappa shape index (κ3) is 10.1. The standard InChI is InChI=1S/C49H55Cl2N9O7/c1-29(2)59-44-42(49(66)60(30(3)22-36(51)26-56(6)27-61)43(44)33-11-13-35(50)14-12-33)54-45(59)37-24-34(25-52-47(37)67-7)48(65)57-20-18-31(19-21-57)8-9-32-10-15-38(40(23-32)55(4)5)58(28-62)39-16-17-41(63)53-46(39)64/h10-15,22-29,31,39,43H,8-9,16-21H2,1-7H3,(H,53,63,64)/b30-22+,36-26+. The first kappa shape index (κ1) is 48.4. The van der Waals surface area contributed by atoms with Crippen LogP contribution in [0, 0.1) is 5.92 Å². The Labute approximate surface area is 400 Å². The summed E-state index contributed by atoms with van der Waals surface area (Å²) in [6, 6.07) is 13.3. The third-order valence-corrected chi connectivity index (χ3v) is 13.0. The van der Waals surface area contributed by atoms with Crippen molar-refractivity contribution in [2.45, 2.75) is 77.4 Å². The van der Waals surface area contributed by atoms with Crippen LogP contribution < -0.4 is 19.9 Å². The minimum Gasteiger partial charge on any atom is -0.480 e. The van der Waals surface area contributed by atoms with Crippen LogP contribution in [0.5, 0.6) is 5.88 Å². The Bertz CT molecular complexity index is 2640. The number of benzene rings is 2. The zero-order chi connectivity index (χ0) is 48.3. The number of allylic oxidation sites excluding steroid dienone is 3. The molecule has 16 nitrogen and oxygen atoms in total. The summed E-state index contributed by atoms with van der Waals surface area (Å²) < 4.78 is 7.75. The van der Waals surface area contributed by atoms with E-state index in [1.807, 2.05) is 72.6 Å². The minimum atomic E-state index is -0.770. The number of anilines is 2. The predicted molar refractivity (Wildman–Crippen MR) is 256 cm³/mol. The fourth-order valence-corrected chi connectivity index (χ4v) is 9.63. The first-order valence-electron chi connectivity index (χ1n) is 22.2. The van der Waals surface area contributed by atoms with E-state index < -0.39 is 18.0 Å². The van der Waals surface area contributed by atoms with E-state index in [2.05, 4.69) is 10.3 Å². The van der Waals surface area contributed by atoms with Crippen LogP contribution in [0.2, 0.25) is 5.02 Å². The molecule has 0 radical (unpaired) electrons. The van der Waals surface area contributed by atoms with E-state index in [4.69, 9.17) is 32.9 Å². The number of aryl methyl sites for hydroxylation is 1. The molecular weight excluding hydrogens is 898 g/mol. The summed E-state index contributed by atoms with van der Waals surface area (Å²) in [5, 5.41) is 3.12. The molecule has 3 aliphatic rings. The second kappa shape index (κ2) is 20.6. The van der Waals surface area contributed by atoms with Gasteiger partial charge in [0, 0.05) is 69.8 Å². The van der Waals surface area contributed by atoms with E-state index in [1.54, 1.807) is 43.1 Å². The van der Waals surface area contributed by atoms with E-state index >= 15 is 0 Å². The quantitative estimate of drug-likeness (QED) is 0.0693. The molecule has 2 aromatic heterocycles. The van der Waals surface area contributed by atoms with Crippen molar-refractivity contribution in [1.29, 1.82) is 0 Å². The molecule has 2 fully saturated rings. The molecule has 0 aliphatic carbocycles. The Balaban J connectivity index is 1.10. The summed E-state index contributed by atoms with van der Waals surface area (Å²) in [5.41, 5.74) is 5.49. The van der Waals surface area contributed by atoms with Gasteiger partial charge in [-0.2, -0.15) is 0 Å². The maximum absolute atomic E-state index is 14.5. The number of methoxy groups -OCH3 is 1. The largest absolute Gasteiger partial charge is 0.480 e. The molecule has 3 aliphatic heterocycles. The van der Waals surface area contributed by atoms with E-state index in [-0.39, 0.29) is 53.2 Å². The fourth-order valence-electron chi connectivity index (χ4n) is 9.19. The smallest absolute Gasteiger partial charge is 0.279 e. The summed E-state index contributed by atoms with van der Waals surface area (Å²) in [6.45, 7) is 6.89. The van der Waals surface area contributed by atoms with Crippen molar-refractivity contribution < 1.29 is 33.5 Å². The highest BCUT2D eigenvalue weighted by molar-refractivity contribution is 6.31. The SMILES string of the molecule is COc1ncc(C(=O)N2CCC(CCc3ccc(N(C=O)C4CCC(=O)NC4=O)c(N(C)C)c3)CC2)cc1-c1nc2c(n1C(C)C)C(c1ccc(Cl)cc1)N(/C(C)=C/C(Cl)=C\N(C)C=O)C2=O. The molecule has 2 saturated heterocycles. The van der Waals surface area contributed by atoms with Crippen LogP contribution in [0.1, 0.15) is 103 Å². The van der Waals surface area contributed by atoms with Crippen LogP contribution in [0.25, 0.3) is 11.4 Å². The number of carbonyl (C=O) groups is 6. The van der Waals surface area contributed by atoms with Crippen molar-refractivity contribution in [2.24, 2.45) is 5.92 Å². The lowest BCUT2D eigenvalue weighted by Gasteiger charge is -2.33. The van der Waals surface area contributed by atoms with Gasteiger partial charge in [0.15, 0.2) is 5.69 Å². The van der Waals surface area contributed by atoms with E-state index in [1.165, 1.54) is 29.3 Å². The van der Waals surface area contributed by atoms with Crippen molar-refractivity contribution >= 4 is 71.0 Å². The second-order valence-corrected chi connectivity index (χ2v) is 18.5. The first-order chi connectivity index (χ1) is 32.0. The van der Waals surface area contributed by atoms with Gasteiger partial charge in [0.25, 0.3) is 11.8 Å².